The monoisotopic (exact) mass is 204 g/mol. The highest BCUT2D eigenvalue weighted by molar-refractivity contribution is 5.91. The zero-order chi connectivity index (χ0) is 10.3. The lowest BCUT2D eigenvalue weighted by Gasteiger charge is -2.47. The zero-order valence-corrected chi connectivity index (χ0v) is 9.03. The van der Waals surface area contributed by atoms with Gasteiger partial charge in [0, 0.05) is 12.3 Å². The van der Waals surface area contributed by atoms with E-state index in [1.54, 1.807) is 0 Å². The maximum atomic E-state index is 11.5. The average molecular weight is 204 g/mol. The van der Waals surface area contributed by atoms with Crippen LogP contribution in [0, 0.1) is 17.3 Å². The quantitative estimate of drug-likeness (QED) is 0.604. The van der Waals surface area contributed by atoms with Gasteiger partial charge in [0.1, 0.15) is 0 Å². The molecule has 2 saturated heterocycles. The van der Waals surface area contributed by atoms with Crippen molar-refractivity contribution in [2.24, 2.45) is 17.3 Å². The van der Waals surface area contributed by atoms with Gasteiger partial charge in [-0.05, 0) is 43.6 Å². The molecule has 0 aromatic heterocycles. The first kappa shape index (κ1) is 8.51. The summed E-state index contributed by atoms with van der Waals surface area (Å²) in [5.74, 6) is 1.53. The Morgan fingerprint density at radius 1 is 1.53 bits per heavy atom. The van der Waals surface area contributed by atoms with Crippen LogP contribution in [0.25, 0.3) is 0 Å². The van der Waals surface area contributed by atoms with E-state index in [0.29, 0.717) is 23.2 Å². The van der Waals surface area contributed by atoms with Gasteiger partial charge < -0.3 is 4.74 Å². The third kappa shape index (κ3) is 0.840. The van der Waals surface area contributed by atoms with Gasteiger partial charge in [-0.25, -0.2) is 0 Å². The van der Waals surface area contributed by atoms with Crippen LogP contribution in [0.15, 0.2) is 12.2 Å². The lowest BCUT2D eigenvalue weighted by molar-refractivity contribution is -0.137. The molecule has 80 valence electrons. The summed E-state index contributed by atoms with van der Waals surface area (Å²) in [5.41, 5.74) is 0.459. The number of rotatable bonds is 0. The van der Waals surface area contributed by atoms with Gasteiger partial charge in [-0.3, -0.25) is 4.79 Å². The summed E-state index contributed by atoms with van der Waals surface area (Å²) in [4.78, 5) is 11.5. The van der Waals surface area contributed by atoms with E-state index < -0.39 is 0 Å². The van der Waals surface area contributed by atoms with Crippen molar-refractivity contribution in [1.29, 1.82) is 0 Å². The smallest absolute Gasteiger partial charge is 0.155 e. The first-order valence-electron chi connectivity index (χ1n) is 6.01. The molecule has 0 aromatic carbocycles. The highest BCUT2D eigenvalue weighted by Crippen LogP contribution is 2.68. The van der Waals surface area contributed by atoms with Crippen molar-refractivity contribution >= 4 is 5.78 Å². The second-order valence-electron chi connectivity index (χ2n) is 6.13. The summed E-state index contributed by atoms with van der Waals surface area (Å²) in [6.07, 6.45) is 8.75. The van der Waals surface area contributed by atoms with Crippen LogP contribution in [0.2, 0.25) is 0 Å². The molecule has 5 atom stereocenters. The number of carbonyl (C=O) groups is 1. The molecule has 2 aliphatic heterocycles. The minimum absolute atomic E-state index is 0.131. The van der Waals surface area contributed by atoms with Crippen LogP contribution in [-0.2, 0) is 9.53 Å². The molecule has 4 bridgehead atoms. The molecule has 5 aliphatic rings. The number of allylic oxidation sites excluding steroid dienone is 2. The Kier molecular flexibility index (Phi) is 1.26. The maximum Gasteiger partial charge on any atom is 0.155 e. The number of ketones is 1. The fourth-order valence-corrected chi connectivity index (χ4v) is 4.72. The summed E-state index contributed by atoms with van der Waals surface area (Å²) < 4.78 is 6.17. The van der Waals surface area contributed by atoms with Gasteiger partial charge >= 0.3 is 0 Å². The molecule has 3 aliphatic carbocycles. The first-order chi connectivity index (χ1) is 7.11. The first-order valence-corrected chi connectivity index (χ1v) is 6.01. The second-order valence-corrected chi connectivity index (χ2v) is 6.13. The molecule has 2 heterocycles. The lowest BCUT2D eigenvalue weighted by Crippen LogP contribution is -2.46. The third-order valence-corrected chi connectivity index (χ3v) is 5.32. The standard InChI is InChI=1S/C13H16O2/c1-12-7-13-3-2-9(14)5-10(13)11(15-12)4-8(12)6-13/h2-3,8,10-11H,4-7H2,1H3. The number of hydrogen-bond donors (Lipinski definition) is 0. The molecule has 1 spiro atoms. The predicted octanol–water partition coefficient (Wildman–Crippen LogP) is 2.09. The molecule has 2 saturated carbocycles. The molecule has 2 nitrogen and oxygen atoms in total. The van der Waals surface area contributed by atoms with E-state index >= 15 is 0 Å². The van der Waals surface area contributed by atoms with Crippen LogP contribution in [0.3, 0.4) is 0 Å². The van der Waals surface area contributed by atoms with Gasteiger partial charge in [-0.2, -0.15) is 0 Å². The Hall–Kier alpha value is -0.630. The van der Waals surface area contributed by atoms with Crippen LogP contribution in [0.1, 0.15) is 32.6 Å². The summed E-state index contributed by atoms with van der Waals surface area (Å²) in [6.45, 7) is 2.27. The summed E-state index contributed by atoms with van der Waals surface area (Å²) in [7, 11) is 0. The Labute approximate surface area is 89.7 Å². The van der Waals surface area contributed by atoms with Crippen molar-refractivity contribution in [3.8, 4) is 0 Å². The van der Waals surface area contributed by atoms with E-state index in [0.717, 1.165) is 18.8 Å². The maximum absolute atomic E-state index is 11.5. The predicted molar refractivity (Wildman–Crippen MR) is 55.3 cm³/mol. The van der Waals surface area contributed by atoms with Crippen molar-refractivity contribution in [1.82, 2.24) is 0 Å². The average Bonchev–Trinajstić information content (AvgIpc) is 2.54. The van der Waals surface area contributed by atoms with E-state index in [9.17, 15) is 4.79 Å². The lowest BCUT2D eigenvalue weighted by atomic mass is 9.62. The normalized spacial score (nSPS) is 60.1. The van der Waals surface area contributed by atoms with Crippen LogP contribution >= 0.6 is 0 Å². The highest BCUT2D eigenvalue weighted by Gasteiger charge is 2.67. The second kappa shape index (κ2) is 2.22. The van der Waals surface area contributed by atoms with Crippen molar-refractivity contribution < 1.29 is 9.53 Å². The Morgan fingerprint density at radius 3 is 3.20 bits per heavy atom. The molecule has 2 heteroatoms. The van der Waals surface area contributed by atoms with Crippen molar-refractivity contribution in [3.63, 3.8) is 0 Å². The summed E-state index contributed by atoms with van der Waals surface area (Å²) in [5, 5.41) is 0. The molecule has 0 radical (unpaired) electrons. The van der Waals surface area contributed by atoms with Gasteiger partial charge in [0.25, 0.3) is 0 Å². The van der Waals surface area contributed by atoms with Gasteiger partial charge in [0.05, 0.1) is 11.7 Å². The summed E-state index contributed by atoms with van der Waals surface area (Å²) >= 11 is 0. The molecule has 0 N–H and O–H groups in total. The largest absolute Gasteiger partial charge is 0.371 e. The van der Waals surface area contributed by atoms with Crippen molar-refractivity contribution in [2.45, 2.75) is 44.3 Å². The van der Waals surface area contributed by atoms with E-state index in [1.165, 1.54) is 12.8 Å². The van der Waals surface area contributed by atoms with Crippen LogP contribution in [0.5, 0.6) is 0 Å². The fraction of sp³-hybridized carbons (Fsp3) is 0.769. The van der Waals surface area contributed by atoms with Crippen LogP contribution < -0.4 is 0 Å². The SMILES string of the molecule is CC12CC34C=CC(=O)CC3C(CC1C4)O2. The van der Waals surface area contributed by atoms with Crippen molar-refractivity contribution in [3.05, 3.63) is 12.2 Å². The molecule has 4 fully saturated rings. The van der Waals surface area contributed by atoms with E-state index in [1.807, 2.05) is 6.08 Å². The topological polar surface area (TPSA) is 26.3 Å². The molecule has 5 unspecified atom stereocenters. The minimum Gasteiger partial charge on any atom is -0.371 e. The van der Waals surface area contributed by atoms with Gasteiger partial charge in [-0.1, -0.05) is 6.08 Å². The van der Waals surface area contributed by atoms with Crippen molar-refractivity contribution in [2.75, 3.05) is 0 Å². The van der Waals surface area contributed by atoms with Crippen LogP contribution in [0.4, 0.5) is 0 Å². The van der Waals surface area contributed by atoms with Gasteiger partial charge in [-0.15, -0.1) is 0 Å². The number of hydrogen-bond acceptors (Lipinski definition) is 2. The Morgan fingerprint density at radius 2 is 2.40 bits per heavy atom. The van der Waals surface area contributed by atoms with Gasteiger partial charge in [0.15, 0.2) is 5.78 Å². The van der Waals surface area contributed by atoms with E-state index in [2.05, 4.69) is 13.0 Å². The summed E-state index contributed by atoms with van der Waals surface area (Å²) in [6, 6.07) is 0. The molecule has 0 aromatic rings. The number of carbonyl (C=O) groups excluding carboxylic acids is 1. The Balaban J connectivity index is 1.86. The zero-order valence-electron chi connectivity index (χ0n) is 9.03. The molecule has 5 rings (SSSR count). The Bertz CT molecular complexity index is 386. The molecule has 15 heavy (non-hydrogen) atoms. The molecule has 0 amide bonds. The molecular formula is C13H16O2. The fourth-order valence-electron chi connectivity index (χ4n) is 4.72. The van der Waals surface area contributed by atoms with Crippen LogP contribution in [-0.4, -0.2) is 17.5 Å². The highest BCUT2D eigenvalue weighted by atomic mass is 16.5. The van der Waals surface area contributed by atoms with E-state index in [4.69, 9.17) is 4.74 Å². The number of ether oxygens (including phenoxy) is 1. The van der Waals surface area contributed by atoms with Gasteiger partial charge in [0.2, 0.25) is 0 Å². The minimum atomic E-state index is 0.131. The van der Waals surface area contributed by atoms with E-state index in [-0.39, 0.29) is 5.60 Å². The third-order valence-electron chi connectivity index (χ3n) is 5.32. The molecular weight excluding hydrogens is 188 g/mol.